The lowest BCUT2D eigenvalue weighted by Crippen LogP contribution is -2.14. The van der Waals surface area contributed by atoms with Crippen LogP contribution in [0.5, 0.6) is 17.2 Å². The van der Waals surface area contributed by atoms with Gasteiger partial charge in [-0.05, 0) is 73.5 Å². The van der Waals surface area contributed by atoms with Crippen molar-refractivity contribution >= 4 is 27.8 Å². The van der Waals surface area contributed by atoms with E-state index in [-0.39, 0.29) is 28.6 Å². The van der Waals surface area contributed by atoms with Gasteiger partial charge in [0.15, 0.2) is 11.5 Å². The zero-order valence-electron chi connectivity index (χ0n) is 19.4. The van der Waals surface area contributed by atoms with Crippen LogP contribution in [0.25, 0.3) is 6.08 Å². The van der Waals surface area contributed by atoms with E-state index in [4.69, 9.17) is 13.7 Å². The third-order valence-electron chi connectivity index (χ3n) is 4.88. The Hall–Kier alpha value is -4.29. The van der Waals surface area contributed by atoms with Gasteiger partial charge in [-0.1, -0.05) is 24.3 Å². The van der Waals surface area contributed by atoms with Crippen LogP contribution < -0.4 is 19.0 Å². The fourth-order valence-electron chi connectivity index (χ4n) is 3.08. The summed E-state index contributed by atoms with van der Waals surface area (Å²) < 4.78 is 41.4. The number of nitrogens with zero attached hydrogens (tertiary/aromatic N) is 1. The number of para-hydroxylation sites is 1. The third kappa shape index (κ3) is 6.40. The van der Waals surface area contributed by atoms with E-state index in [0.717, 1.165) is 5.56 Å². The highest BCUT2D eigenvalue weighted by atomic mass is 32.2. The van der Waals surface area contributed by atoms with Crippen LogP contribution in [0.2, 0.25) is 0 Å². The number of aryl methyl sites for hydroxylation is 1. The molecule has 0 unspecified atom stereocenters. The number of benzene rings is 3. The van der Waals surface area contributed by atoms with Gasteiger partial charge in [-0.15, -0.1) is 0 Å². The van der Waals surface area contributed by atoms with Gasteiger partial charge in [-0.3, -0.25) is 4.79 Å². The van der Waals surface area contributed by atoms with Gasteiger partial charge in [-0.2, -0.15) is 13.7 Å². The molecule has 0 spiro atoms. The van der Waals surface area contributed by atoms with Gasteiger partial charge < -0.3 is 19.0 Å². The highest BCUT2D eigenvalue weighted by Crippen LogP contribution is 2.32. The molecule has 3 aromatic rings. The first-order valence-electron chi connectivity index (χ1n) is 10.6. The highest BCUT2D eigenvalue weighted by Gasteiger charge is 2.20. The number of hydrogen-bond acceptors (Lipinski definition) is 7. The lowest BCUT2D eigenvalue weighted by molar-refractivity contribution is -0.112. The molecule has 3 rings (SSSR count). The molecule has 0 aliphatic heterocycles. The summed E-state index contributed by atoms with van der Waals surface area (Å²) in [5.74, 6) is 0.0645. The van der Waals surface area contributed by atoms with Gasteiger partial charge in [0.05, 0.1) is 13.7 Å². The SMILES string of the molecule is CCOc1cc(/C=C(\C#N)C(=O)Nc2ccccc2C)ccc1OS(=O)(=O)c1ccc(OC)cc1. The van der Waals surface area contributed by atoms with E-state index in [1.54, 1.807) is 19.1 Å². The molecule has 0 saturated heterocycles. The Balaban J connectivity index is 1.87. The summed E-state index contributed by atoms with van der Waals surface area (Å²) in [7, 11) is -2.66. The molecular weight excluding hydrogens is 468 g/mol. The Morgan fingerprint density at radius 1 is 1.06 bits per heavy atom. The number of amides is 1. The second kappa shape index (κ2) is 11.2. The molecule has 0 atom stereocenters. The van der Waals surface area contributed by atoms with E-state index >= 15 is 0 Å². The van der Waals surface area contributed by atoms with E-state index in [1.807, 2.05) is 25.1 Å². The van der Waals surface area contributed by atoms with Crippen molar-refractivity contribution in [1.29, 1.82) is 5.26 Å². The van der Waals surface area contributed by atoms with Crippen molar-refractivity contribution in [2.24, 2.45) is 0 Å². The Morgan fingerprint density at radius 3 is 2.40 bits per heavy atom. The molecule has 0 aliphatic rings. The van der Waals surface area contributed by atoms with Gasteiger partial charge in [0, 0.05) is 5.69 Å². The second-order valence-electron chi connectivity index (χ2n) is 7.29. The summed E-state index contributed by atoms with van der Waals surface area (Å²) in [6.07, 6.45) is 1.39. The average Bonchev–Trinajstić information content (AvgIpc) is 2.85. The topological polar surface area (TPSA) is 115 Å². The maximum atomic E-state index is 12.7. The summed E-state index contributed by atoms with van der Waals surface area (Å²) >= 11 is 0. The van der Waals surface area contributed by atoms with Gasteiger partial charge in [0.1, 0.15) is 22.3 Å². The fourth-order valence-corrected chi connectivity index (χ4v) is 4.02. The standard InChI is InChI=1S/C26H24N2O6S/c1-4-33-25-16-19(15-20(17-27)26(29)28-23-8-6-5-7-18(23)2)9-14-24(25)34-35(30,31)22-12-10-21(32-3)11-13-22/h5-16H,4H2,1-3H3,(H,28,29)/b20-15+. The third-order valence-corrected chi connectivity index (χ3v) is 6.13. The zero-order valence-corrected chi connectivity index (χ0v) is 20.3. The van der Waals surface area contributed by atoms with Crippen LogP contribution >= 0.6 is 0 Å². The normalized spacial score (nSPS) is 11.3. The van der Waals surface area contributed by atoms with Crippen LogP contribution in [0.15, 0.2) is 77.2 Å². The largest absolute Gasteiger partial charge is 0.497 e. The van der Waals surface area contributed by atoms with Gasteiger partial charge in [0.25, 0.3) is 5.91 Å². The minimum Gasteiger partial charge on any atom is -0.497 e. The maximum absolute atomic E-state index is 12.7. The van der Waals surface area contributed by atoms with Crippen LogP contribution in [0.1, 0.15) is 18.1 Å². The summed E-state index contributed by atoms with van der Waals surface area (Å²) in [5, 5.41) is 12.2. The van der Waals surface area contributed by atoms with Crippen LogP contribution in [0.3, 0.4) is 0 Å². The van der Waals surface area contributed by atoms with Crippen molar-refractivity contribution in [1.82, 2.24) is 0 Å². The summed E-state index contributed by atoms with van der Waals surface area (Å²) in [5.41, 5.74) is 1.78. The molecule has 8 nitrogen and oxygen atoms in total. The number of nitrogens with one attached hydrogen (secondary N) is 1. The first-order valence-corrected chi connectivity index (χ1v) is 12.0. The van der Waals surface area contributed by atoms with E-state index in [9.17, 15) is 18.5 Å². The monoisotopic (exact) mass is 492 g/mol. The van der Waals surface area contributed by atoms with E-state index < -0.39 is 16.0 Å². The first kappa shape index (κ1) is 25.3. The summed E-state index contributed by atoms with van der Waals surface area (Å²) in [6.45, 7) is 3.82. The van der Waals surface area contributed by atoms with Crippen molar-refractivity contribution in [3.63, 3.8) is 0 Å². The molecule has 0 aliphatic carbocycles. The van der Waals surface area contributed by atoms with E-state index in [0.29, 0.717) is 17.0 Å². The number of nitriles is 1. The van der Waals surface area contributed by atoms with Crippen molar-refractivity contribution in [3.05, 3.63) is 83.4 Å². The fraction of sp³-hybridized carbons (Fsp3) is 0.154. The zero-order chi connectivity index (χ0) is 25.4. The minimum absolute atomic E-state index is 0.0253. The molecular formula is C26H24N2O6S. The summed E-state index contributed by atoms with van der Waals surface area (Å²) in [6, 6.07) is 19.3. The van der Waals surface area contributed by atoms with Crippen molar-refractivity contribution in [2.75, 3.05) is 19.0 Å². The average molecular weight is 493 g/mol. The van der Waals surface area contributed by atoms with Crippen LogP contribution in [-0.4, -0.2) is 28.0 Å². The van der Waals surface area contributed by atoms with E-state index in [1.165, 1.54) is 55.7 Å². The summed E-state index contributed by atoms with van der Waals surface area (Å²) in [4.78, 5) is 12.6. The molecule has 1 N–H and O–H groups in total. The Labute approximate surface area is 204 Å². The number of carbonyl (C=O) groups excluding carboxylic acids is 1. The molecule has 0 aromatic heterocycles. The molecule has 35 heavy (non-hydrogen) atoms. The smallest absolute Gasteiger partial charge is 0.339 e. The number of hydrogen-bond donors (Lipinski definition) is 1. The number of rotatable bonds is 9. The lowest BCUT2D eigenvalue weighted by atomic mass is 10.1. The van der Waals surface area contributed by atoms with Crippen LogP contribution in [0, 0.1) is 18.3 Å². The number of methoxy groups -OCH3 is 1. The number of carbonyl (C=O) groups is 1. The molecule has 180 valence electrons. The molecule has 0 fully saturated rings. The molecule has 3 aromatic carbocycles. The molecule has 0 bridgehead atoms. The molecule has 0 saturated carbocycles. The van der Waals surface area contributed by atoms with E-state index in [2.05, 4.69) is 5.32 Å². The minimum atomic E-state index is -4.14. The maximum Gasteiger partial charge on any atom is 0.339 e. The Kier molecular flexibility index (Phi) is 8.12. The first-order chi connectivity index (χ1) is 16.8. The number of ether oxygens (including phenoxy) is 2. The lowest BCUT2D eigenvalue weighted by Gasteiger charge is -2.13. The Morgan fingerprint density at radius 2 is 1.77 bits per heavy atom. The molecule has 0 heterocycles. The molecule has 0 radical (unpaired) electrons. The predicted molar refractivity (Wildman–Crippen MR) is 132 cm³/mol. The number of anilines is 1. The predicted octanol–water partition coefficient (Wildman–Crippen LogP) is 4.72. The van der Waals surface area contributed by atoms with Gasteiger partial charge in [-0.25, -0.2) is 0 Å². The molecule has 1 amide bonds. The second-order valence-corrected chi connectivity index (χ2v) is 8.84. The van der Waals surface area contributed by atoms with Crippen LogP contribution in [0.4, 0.5) is 5.69 Å². The van der Waals surface area contributed by atoms with Gasteiger partial charge in [0.2, 0.25) is 0 Å². The quantitative estimate of drug-likeness (QED) is 0.261. The van der Waals surface area contributed by atoms with Gasteiger partial charge >= 0.3 is 10.1 Å². The van der Waals surface area contributed by atoms with Crippen molar-refractivity contribution < 1.29 is 26.9 Å². The Bertz CT molecular complexity index is 1390. The highest BCUT2D eigenvalue weighted by molar-refractivity contribution is 7.87. The molecule has 9 heteroatoms. The van der Waals surface area contributed by atoms with Crippen LogP contribution in [-0.2, 0) is 14.9 Å². The van der Waals surface area contributed by atoms with Crippen molar-refractivity contribution in [2.45, 2.75) is 18.7 Å². The van der Waals surface area contributed by atoms with Crippen molar-refractivity contribution in [3.8, 4) is 23.3 Å².